The van der Waals surface area contributed by atoms with E-state index in [1.165, 1.54) is 0 Å². The third-order valence-electron chi connectivity index (χ3n) is 1.70. The second-order valence-corrected chi connectivity index (χ2v) is 4.76. The van der Waals surface area contributed by atoms with E-state index in [0.29, 0.717) is 6.42 Å². The molecule has 6 nitrogen and oxygen atoms in total. The van der Waals surface area contributed by atoms with Gasteiger partial charge in [0.25, 0.3) is 0 Å². The lowest BCUT2D eigenvalue weighted by molar-refractivity contribution is 0.564. The number of hydrogen-bond donors (Lipinski definition) is 3. The summed E-state index contributed by atoms with van der Waals surface area (Å²) in [6, 6.07) is -0.339. The number of H-pyrrole nitrogens is 1. The molecule has 1 rings (SSSR count). The normalized spacial score (nSPS) is 13.3. The van der Waals surface area contributed by atoms with Crippen LogP contribution >= 0.6 is 0 Å². The van der Waals surface area contributed by atoms with E-state index in [9.17, 15) is 8.42 Å². The number of sulfonamides is 1. The fraction of sp³-hybridized carbons (Fsp3) is 0.375. The maximum absolute atomic E-state index is 11.7. The SMILES string of the molecule is C#CCC(C)NS(=O)(=O)c1cn[nH]c1N. The van der Waals surface area contributed by atoms with Gasteiger partial charge in [0, 0.05) is 12.5 Å². The van der Waals surface area contributed by atoms with Gasteiger partial charge in [-0.25, -0.2) is 13.1 Å². The summed E-state index contributed by atoms with van der Waals surface area (Å²) in [6.07, 6.45) is 6.54. The molecule has 0 aliphatic rings. The fourth-order valence-corrected chi connectivity index (χ4v) is 2.31. The average Bonchev–Trinajstić information content (AvgIpc) is 2.51. The van der Waals surface area contributed by atoms with Crippen molar-refractivity contribution in [2.45, 2.75) is 24.3 Å². The summed E-state index contributed by atoms with van der Waals surface area (Å²) in [6.45, 7) is 1.67. The first-order valence-electron chi connectivity index (χ1n) is 4.22. The zero-order valence-corrected chi connectivity index (χ0v) is 9.00. The van der Waals surface area contributed by atoms with Gasteiger partial charge in [-0.2, -0.15) is 5.10 Å². The Morgan fingerprint density at radius 1 is 1.80 bits per heavy atom. The second kappa shape index (κ2) is 4.33. The van der Waals surface area contributed by atoms with Crippen LogP contribution < -0.4 is 10.5 Å². The minimum absolute atomic E-state index is 0.00964. The third kappa shape index (κ3) is 2.71. The summed E-state index contributed by atoms with van der Waals surface area (Å²) < 4.78 is 25.7. The van der Waals surface area contributed by atoms with Gasteiger partial charge in [0.15, 0.2) is 0 Å². The van der Waals surface area contributed by atoms with Gasteiger partial charge in [0.05, 0.1) is 6.20 Å². The lowest BCUT2D eigenvalue weighted by atomic mass is 10.3. The van der Waals surface area contributed by atoms with E-state index < -0.39 is 10.0 Å². The Hall–Kier alpha value is -1.52. The molecule has 15 heavy (non-hydrogen) atoms. The van der Waals surface area contributed by atoms with Crippen LogP contribution in [0.2, 0.25) is 0 Å². The maximum Gasteiger partial charge on any atom is 0.246 e. The van der Waals surface area contributed by atoms with Crippen LogP contribution in [0.1, 0.15) is 13.3 Å². The highest BCUT2D eigenvalue weighted by molar-refractivity contribution is 7.89. The number of nitrogen functional groups attached to an aromatic ring is 1. The smallest absolute Gasteiger partial charge is 0.246 e. The van der Waals surface area contributed by atoms with Crippen LogP contribution in [0.25, 0.3) is 0 Å². The number of nitrogens with two attached hydrogens (primary N) is 1. The predicted molar refractivity (Wildman–Crippen MR) is 56.2 cm³/mol. The molecule has 1 atom stereocenters. The van der Waals surface area contributed by atoms with Gasteiger partial charge >= 0.3 is 0 Å². The monoisotopic (exact) mass is 228 g/mol. The van der Waals surface area contributed by atoms with Crippen LogP contribution in [0.4, 0.5) is 5.82 Å². The van der Waals surface area contributed by atoms with Crippen molar-refractivity contribution in [2.24, 2.45) is 0 Å². The van der Waals surface area contributed by atoms with Crippen LogP contribution in [-0.2, 0) is 10.0 Å². The van der Waals surface area contributed by atoms with Gasteiger partial charge in [0.1, 0.15) is 10.7 Å². The third-order valence-corrected chi connectivity index (χ3v) is 3.32. The number of aromatic amines is 1. The quantitative estimate of drug-likeness (QED) is 0.615. The Bertz CT molecular complexity index is 471. The number of hydrogen-bond acceptors (Lipinski definition) is 4. The minimum atomic E-state index is -3.63. The molecule has 4 N–H and O–H groups in total. The standard InChI is InChI=1S/C8H12N4O2S/c1-3-4-6(2)12-15(13,14)7-5-10-11-8(7)9/h1,5-6,12H,4H2,2H3,(H3,9,10,11). The number of aromatic nitrogens is 2. The Labute approximate surface area is 88.3 Å². The molecule has 0 saturated heterocycles. The lowest BCUT2D eigenvalue weighted by Gasteiger charge is -2.10. The number of rotatable bonds is 4. The van der Waals surface area contributed by atoms with Gasteiger partial charge in [-0.05, 0) is 6.92 Å². The number of terminal acetylenes is 1. The Morgan fingerprint density at radius 3 is 2.93 bits per heavy atom. The van der Waals surface area contributed by atoms with Crippen molar-refractivity contribution >= 4 is 15.8 Å². The number of nitrogens with one attached hydrogen (secondary N) is 2. The molecule has 1 heterocycles. The zero-order valence-electron chi connectivity index (χ0n) is 8.19. The van der Waals surface area contributed by atoms with Gasteiger partial charge in [-0.3, -0.25) is 5.10 Å². The molecule has 0 spiro atoms. The van der Waals surface area contributed by atoms with Crippen LogP contribution in [-0.4, -0.2) is 24.7 Å². The molecule has 0 aliphatic heterocycles. The number of anilines is 1. The summed E-state index contributed by atoms with van der Waals surface area (Å²) in [5.74, 6) is 2.38. The summed E-state index contributed by atoms with van der Waals surface area (Å²) in [5, 5.41) is 5.88. The lowest BCUT2D eigenvalue weighted by Crippen LogP contribution is -2.32. The van der Waals surface area contributed by atoms with Gasteiger partial charge in [-0.1, -0.05) is 0 Å². The number of nitrogens with zero attached hydrogens (tertiary/aromatic N) is 1. The second-order valence-electron chi connectivity index (χ2n) is 3.08. The van der Waals surface area contributed by atoms with Crippen molar-refractivity contribution in [1.82, 2.24) is 14.9 Å². The van der Waals surface area contributed by atoms with Crippen LogP contribution in [0.3, 0.4) is 0 Å². The average molecular weight is 228 g/mol. The predicted octanol–water partition coefficient (Wildman–Crippen LogP) is -0.318. The first kappa shape index (κ1) is 11.6. The van der Waals surface area contributed by atoms with E-state index in [2.05, 4.69) is 20.8 Å². The molecular formula is C8H12N4O2S. The summed E-state index contributed by atoms with van der Waals surface area (Å²) in [4.78, 5) is -0.0635. The van der Waals surface area contributed by atoms with Gasteiger partial charge in [0.2, 0.25) is 10.0 Å². The van der Waals surface area contributed by atoms with Crippen LogP contribution in [0.5, 0.6) is 0 Å². The Balaban J connectivity index is 2.87. The summed E-state index contributed by atoms with van der Waals surface area (Å²) in [7, 11) is -3.63. The van der Waals surface area contributed by atoms with Gasteiger partial charge in [-0.15, -0.1) is 12.3 Å². The molecule has 1 aromatic heterocycles. The Morgan fingerprint density at radius 2 is 2.47 bits per heavy atom. The van der Waals surface area contributed by atoms with E-state index >= 15 is 0 Å². The largest absolute Gasteiger partial charge is 0.383 e. The van der Waals surface area contributed by atoms with E-state index in [4.69, 9.17) is 12.2 Å². The summed E-state index contributed by atoms with van der Waals surface area (Å²) >= 11 is 0. The molecule has 1 unspecified atom stereocenters. The van der Waals surface area contributed by atoms with E-state index in [1.54, 1.807) is 6.92 Å². The molecule has 0 aliphatic carbocycles. The molecule has 0 bridgehead atoms. The Kier molecular flexibility index (Phi) is 3.34. The molecule has 82 valence electrons. The molecule has 0 radical (unpaired) electrons. The van der Waals surface area contributed by atoms with E-state index in [1.807, 2.05) is 0 Å². The highest BCUT2D eigenvalue weighted by Crippen LogP contribution is 2.14. The van der Waals surface area contributed by atoms with Crippen molar-refractivity contribution in [3.63, 3.8) is 0 Å². The van der Waals surface area contributed by atoms with Crippen molar-refractivity contribution in [3.8, 4) is 12.3 Å². The summed E-state index contributed by atoms with van der Waals surface area (Å²) in [5.41, 5.74) is 5.40. The fourth-order valence-electron chi connectivity index (χ4n) is 1.05. The molecule has 0 fully saturated rings. The zero-order chi connectivity index (χ0) is 11.5. The molecular weight excluding hydrogens is 216 g/mol. The maximum atomic E-state index is 11.7. The highest BCUT2D eigenvalue weighted by Gasteiger charge is 2.20. The van der Waals surface area contributed by atoms with E-state index in [-0.39, 0.29) is 16.8 Å². The molecule has 0 aromatic carbocycles. The van der Waals surface area contributed by atoms with E-state index in [0.717, 1.165) is 6.20 Å². The molecule has 1 aromatic rings. The minimum Gasteiger partial charge on any atom is -0.383 e. The topological polar surface area (TPSA) is 101 Å². The van der Waals surface area contributed by atoms with Crippen molar-refractivity contribution < 1.29 is 8.42 Å². The van der Waals surface area contributed by atoms with Crippen molar-refractivity contribution in [1.29, 1.82) is 0 Å². The van der Waals surface area contributed by atoms with Crippen LogP contribution in [0.15, 0.2) is 11.1 Å². The first-order valence-corrected chi connectivity index (χ1v) is 5.70. The van der Waals surface area contributed by atoms with Crippen molar-refractivity contribution in [2.75, 3.05) is 5.73 Å². The van der Waals surface area contributed by atoms with Crippen molar-refractivity contribution in [3.05, 3.63) is 6.20 Å². The molecule has 7 heteroatoms. The highest BCUT2D eigenvalue weighted by atomic mass is 32.2. The first-order chi connectivity index (χ1) is 6.97. The molecule has 0 saturated carbocycles. The van der Waals surface area contributed by atoms with Gasteiger partial charge < -0.3 is 5.73 Å². The molecule has 0 amide bonds. The van der Waals surface area contributed by atoms with Crippen LogP contribution in [0, 0.1) is 12.3 Å².